The number of hydrogen-bond acceptors (Lipinski definition) is 4. The molecule has 0 fully saturated rings. The van der Waals surface area contributed by atoms with Crippen LogP contribution in [-0.4, -0.2) is 17.2 Å². The average Bonchev–Trinajstić information content (AvgIpc) is 2.72. The Morgan fingerprint density at radius 3 is 2.71 bits per heavy atom. The lowest BCUT2D eigenvalue weighted by Crippen LogP contribution is -2.04. The molecule has 1 aromatic heterocycles. The predicted octanol–water partition coefficient (Wildman–Crippen LogP) is 2.04. The summed E-state index contributed by atoms with van der Waals surface area (Å²) in [5, 5.41) is 10.3. The van der Waals surface area contributed by atoms with Gasteiger partial charge in [-0.15, -0.1) is 10.2 Å². The Morgan fingerprint density at radius 2 is 2.00 bits per heavy atom. The van der Waals surface area contributed by atoms with E-state index < -0.39 is 11.6 Å². The lowest BCUT2D eigenvalue weighted by atomic mass is 10.1. The summed E-state index contributed by atoms with van der Waals surface area (Å²) in [6.45, 7) is 1.94. The van der Waals surface area contributed by atoms with Crippen LogP contribution < -0.4 is 5.32 Å². The van der Waals surface area contributed by atoms with Crippen LogP contribution >= 0.6 is 0 Å². The van der Waals surface area contributed by atoms with Crippen molar-refractivity contribution in [3.8, 4) is 11.5 Å². The van der Waals surface area contributed by atoms with Gasteiger partial charge in [-0.3, -0.25) is 0 Å². The van der Waals surface area contributed by atoms with Gasteiger partial charge < -0.3 is 9.73 Å². The summed E-state index contributed by atoms with van der Waals surface area (Å²) in [4.78, 5) is 0. The van der Waals surface area contributed by atoms with E-state index in [0.717, 1.165) is 6.07 Å². The molecule has 0 radical (unpaired) electrons. The molecule has 0 spiro atoms. The normalized spacial score (nSPS) is 10.8. The molecule has 1 aromatic carbocycles. The molecule has 2 aromatic rings. The highest BCUT2D eigenvalue weighted by Gasteiger charge is 2.15. The van der Waals surface area contributed by atoms with E-state index in [9.17, 15) is 8.78 Å². The second-order valence-corrected chi connectivity index (χ2v) is 3.61. The zero-order valence-corrected chi connectivity index (χ0v) is 9.42. The van der Waals surface area contributed by atoms with E-state index in [0.29, 0.717) is 18.0 Å². The van der Waals surface area contributed by atoms with E-state index in [1.54, 1.807) is 14.0 Å². The SMILES string of the molecule is CNCc1nnc(-c2cc(C)c(F)cc2F)o1. The zero-order valence-electron chi connectivity index (χ0n) is 9.42. The minimum atomic E-state index is -0.715. The van der Waals surface area contributed by atoms with Gasteiger partial charge in [0.2, 0.25) is 5.89 Å². The van der Waals surface area contributed by atoms with Crippen LogP contribution in [0.3, 0.4) is 0 Å². The Kier molecular flexibility index (Phi) is 3.14. The fraction of sp³-hybridized carbons (Fsp3) is 0.273. The van der Waals surface area contributed by atoms with Crippen molar-refractivity contribution >= 4 is 0 Å². The van der Waals surface area contributed by atoms with Crippen molar-refractivity contribution in [1.82, 2.24) is 15.5 Å². The fourth-order valence-electron chi connectivity index (χ4n) is 1.41. The number of aromatic nitrogens is 2. The molecule has 4 nitrogen and oxygen atoms in total. The van der Waals surface area contributed by atoms with Gasteiger partial charge in [-0.2, -0.15) is 0 Å². The lowest BCUT2D eigenvalue weighted by molar-refractivity contribution is 0.486. The molecule has 2 rings (SSSR count). The molecule has 0 aliphatic carbocycles. The topological polar surface area (TPSA) is 51.0 Å². The van der Waals surface area contributed by atoms with Crippen molar-refractivity contribution in [3.05, 3.63) is 35.2 Å². The van der Waals surface area contributed by atoms with Gasteiger partial charge in [0.25, 0.3) is 5.89 Å². The first-order valence-electron chi connectivity index (χ1n) is 5.05. The first kappa shape index (κ1) is 11.7. The van der Waals surface area contributed by atoms with E-state index in [2.05, 4.69) is 15.5 Å². The number of halogens is 2. The average molecular weight is 239 g/mol. The van der Waals surface area contributed by atoms with Crippen molar-refractivity contribution < 1.29 is 13.2 Å². The molecule has 1 heterocycles. The third-order valence-corrected chi connectivity index (χ3v) is 2.27. The predicted molar refractivity (Wildman–Crippen MR) is 57.2 cm³/mol. The van der Waals surface area contributed by atoms with Gasteiger partial charge in [0.05, 0.1) is 12.1 Å². The van der Waals surface area contributed by atoms with E-state index in [1.807, 2.05) is 0 Å². The van der Waals surface area contributed by atoms with E-state index >= 15 is 0 Å². The van der Waals surface area contributed by atoms with Crippen molar-refractivity contribution in [2.24, 2.45) is 0 Å². The molecule has 0 saturated heterocycles. The highest BCUT2D eigenvalue weighted by molar-refractivity contribution is 5.55. The van der Waals surface area contributed by atoms with Gasteiger partial charge in [0.1, 0.15) is 11.6 Å². The molecule has 1 N–H and O–H groups in total. The van der Waals surface area contributed by atoms with Crippen LogP contribution in [0.15, 0.2) is 16.5 Å². The molecular formula is C11H11F2N3O. The smallest absolute Gasteiger partial charge is 0.250 e. The summed E-state index contributed by atoms with van der Waals surface area (Å²) in [7, 11) is 1.73. The Morgan fingerprint density at radius 1 is 1.24 bits per heavy atom. The van der Waals surface area contributed by atoms with E-state index in [1.165, 1.54) is 6.07 Å². The van der Waals surface area contributed by atoms with Crippen molar-refractivity contribution in [1.29, 1.82) is 0 Å². The Bertz CT molecular complexity index is 540. The van der Waals surface area contributed by atoms with Gasteiger partial charge in [-0.05, 0) is 25.6 Å². The van der Waals surface area contributed by atoms with Crippen LogP contribution in [0.2, 0.25) is 0 Å². The minimum Gasteiger partial charge on any atom is -0.419 e. The third-order valence-electron chi connectivity index (χ3n) is 2.27. The van der Waals surface area contributed by atoms with Crippen LogP contribution in [0.5, 0.6) is 0 Å². The van der Waals surface area contributed by atoms with Crippen LogP contribution in [0, 0.1) is 18.6 Å². The Hall–Kier alpha value is -1.82. The molecule has 0 aliphatic rings. The molecule has 6 heteroatoms. The number of hydrogen-bond donors (Lipinski definition) is 1. The molecule has 17 heavy (non-hydrogen) atoms. The first-order chi connectivity index (χ1) is 8.11. The third kappa shape index (κ3) is 2.31. The van der Waals surface area contributed by atoms with Crippen molar-refractivity contribution in [3.63, 3.8) is 0 Å². The number of benzene rings is 1. The maximum atomic E-state index is 13.5. The van der Waals surface area contributed by atoms with Crippen molar-refractivity contribution in [2.75, 3.05) is 7.05 Å². The minimum absolute atomic E-state index is 0.0517. The van der Waals surface area contributed by atoms with Gasteiger partial charge in [-0.1, -0.05) is 0 Å². The molecule has 0 saturated carbocycles. The summed E-state index contributed by atoms with van der Waals surface area (Å²) >= 11 is 0. The maximum Gasteiger partial charge on any atom is 0.250 e. The Labute approximate surface area is 96.7 Å². The highest BCUT2D eigenvalue weighted by atomic mass is 19.1. The number of nitrogens with zero attached hydrogens (tertiary/aromatic N) is 2. The fourth-order valence-corrected chi connectivity index (χ4v) is 1.41. The van der Waals surface area contributed by atoms with Crippen molar-refractivity contribution in [2.45, 2.75) is 13.5 Å². The van der Waals surface area contributed by atoms with Crippen LogP contribution in [0.4, 0.5) is 8.78 Å². The Balaban J connectivity index is 2.41. The van der Waals surface area contributed by atoms with Crippen LogP contribution in [0.1, 0.15) is 11.5 Å². The summed E-state index contributed by atoms with van der Waals surface area (Å²) < 4.78 is 31.9. The highest BCUT2D eigenvalue weighted by Crippen LogP contribution is 2.24. The molecule has 0 amide bonds. The second kappa shape index (κ2) is 4.58. The van der Waals surface area contributed by atoms with Gasteiger partial charge in [0.15, 0.2) is 0 Å². The lowest BCUT2D eigenvalue weighted by Gasteiger charge is -2.01. The maximum absolute atomic E-state index is 13.5. The number of nitrogens with one attached hydrogen (secondary N) is 1. The molecule has 0 bridgehead atoms. The van der Waals surface area contributed by atoms with Gasteiger partial charge in [0, 0.05) is 6.07 Å². The quantitative estimate of drug-likeness (QED) is 0.890. The van der Waals surface area contributed by atoms with E-state index in [4.69, 9.17) is 4.42 Å². The largest absolute Gasteiger partial charge is 0.419 e. The molecular weight excluding hydrogens is 228 g/mol. The standard InChI is InChI=1S/C11H11F2N3O/c1-6-3-7(9(13)4-8(6)12)11-16-15-10(17-11)5-14-2/h3-4,14H,5H2,1-2H3. The van der Waals surface area contributed by atoms with Crippen LogP contribution in [-0.2, 0) is 6.54 Å². The summed E-state index contributed by atoms with van der Waals surface area (Å²) in [6.07, 6.45) is 0. The monoisotopic (exact) mass is 239 g/mol. The summed E-state index contributed by atoms with van der Waals surface area (Å²) in [5.41, 5.74) is 0.438. The van der Waals surface area contributed by atoms with Gasteiger partial charge in [-0.25, -0.2) is 8.78 Å². The van der Waals surface area contributed by atoms with Crippen LogP contribution in [0.25, 0.3) is 11.5 Å². The molecule has 0 atom stereocenters. The summed E-state index contributed by atoms with van der Waals surface area (Å²) in [6, 6.07) is 2.16. The van der Waals surface area contributed by atoms with Gasteiger partial charge >= 0.3 is 0 Å². The molecule has 0 aliphatic heterocycles. The molecule has 90 valence electrons. The summed E-state index contributed by atoms with van der Waals surface area (Å²) in [5.74, 6) is -0.909. The second-order valence-electron chi connectivity index (χ2n) is 3.61. The first-order valence-corrected chi connectivity index (χ1v) is 5.05. The number of aryl methyl sites for hydroxylation is 1. The van der Waals surface area contributed by atoms with E-state index in [-0.39, 0.29) is 11.5 Å². The number of rotatable bonds is 3. The zero-order chi connectivity index (χ0) is 12.4. The molecule has 0 unspecified atom stereocenters.